The number of carbonyl (C=O) groups is 1. The van der Waals surface area contributed by atoms with Crippen LogP contribution in [0, 0.1) is 0 Å². The molecule has 6 heteroatoms. The highest BCUT2D eigenvalue weighted by atomic mass is 16.5. The van der Waals surface area contributed by atoms with E-state index in [4.69, 9.17) is 9.84 Å². The molecule has 1 aliphatic rings. The highest BCUT2D eigenvalue weighted by molar-refractivity contribution is 5.72. The van der Waals surface area contributed by atoms with Gasteiger partial charge in [0.25, 0.3) is 0 Å². The van der Waals surface area contributed by atoms with Crippen molar-refractivity contribution in [3.05, 3.63) is 18.1 Å². The van der Waals surface area contributed by atoms with Crippen LogP contribution in [0.1, 0.15) is 25.5 Å². The maximum atomic E-state index is 10.7. The van der Waals surface area contributed by atoms with Gasteiger partial charge in [-0.1, -0.05) is 6.92 Å². The molecule has 0 amide bonds. The number of aliphatic carboxylic acids is 1. The topological polar surface area (TPSA) is 84.3 Å². The third kappa shape index (κ3) is 3.16. The summed E-state index contributed by atoms with van der Waals surface area (Å²) in [6, 6.07) is 1.89. The van der Waals surface area contributed by atoms with Crippen LogP contribution in [-0.4, -0.2) is 39.8 Å². The number of anilines is 1. The van der Waals surface area contributed by atoms with Crippen molar-refractivity contribution in [3.63, 3.8) is 0 Å². The summed E-state index contributed by atoms with van der Waals surface area (Å²) in [6.07, 6.45) is 3.00. The van der Waals surface area contributed by atoms with Crippen molar-refractivity contribution in [3.8, 4) is 0 Å². The quantitative estimate of drug-likeness (QED) is 0.814. The zero-order valence-corrected chi connectivity index (χ0v) is 10.3. The number of ether oxygens (including phenoxy) is 1. The van der Waals surface area contributed by atoms with Crippen LogP contribution in [-0.2, 0) is 16.0 Å². The largest absolute Gasteiger partial charge is 0.479 e. The van der Waals surface area contributed by atoms with E-state index in [1.807, 2.05) is 13.0 Å². The number of nitrogens with zero attached hydrogens (tertiary/aromatic N) is 2. The highest BCUT2D eigenvalue weighted by Crippen LogP contribution is 2.20. The lowest BCUT2D eigenvalue weighted by Gasteiger charge is -2.12. The Balaban J connectivity index is 1.83. The predicted molar refractivity (Wildman–Crippen MR) is 65.4 cm³/mol. The number of aromatic nitrogens is 2. The lowest BCUT2D eigenvalue weighted by atomic mass is 10.2. The Morgan fingerprint density at radius 2 is 2.39 bits per heavy atom. The molecule has 18 heavy (non-hydrogen) atoms. The molecule has 98 valence electrons. The number of carboxylic acids is 1. The average molecular weight is 251 g/mol. The maximum Gasteiger partial charge on any atom is 0.332 e. The fourth-order valence-electron chi connectivity index (χ4n) is 1.94. The molecule has 2 heterocycles. The molecular formula is C12H17N3O3. The maximum absolute atomic E-state index is 10.7. The van der Waals surface area contributed by atoms with Crippen molar-refractivity contribution in [1.82, 2.24) is 9.97 Å². The highest BCUT2D eigenvalue weighted by Gasteiger charge is 2.30. The first-order valence-corrected chi connectivity index (χ1v) is 6.12. The summed E-state index contributed by atoms with van der Waals surface area (Å²) < 4.78 is 5.40. The van der Waals surface area contributed by atoms with Crippen molar-refractivity contribution in [1.29, 1.82) is 0 Å². The molecular weight excluding hydrogens is 234 g/mol. The number of aryl methyl sites for hydroxylation is 1. The lowest BCUT2D eigenvalue weighted by molar-refractivity contribution is -0.149. The summed E-state index contributed by atoms with van der Waals surface area (Å²) in [5.74, 6) is -0.128. The van der Waals surface area contributed by atoms with Crippen LogP contribution in [0.25, 0.3) is 0 Å². The first-order valence-electron chi connectivity index (χ1n) is 6.12. The van der Waals surface area contributed by atoms with E-state index in [1.54, 1.807) is 0 Å². The van der Waals surface area contributed by atoms with E-state index in [2.05, 4.69) is 15.3 Å². The zero-order chi connectivity index (χ0) is 13.0. The second kappa shape index (κ2) is 5.77. The molecule has 2 rings (SSSR count). The molecule has 2 unspecified atom stereocenters. The Kier molecular flexibility index (Phi) is 4.09. The van der Waals surface area contributed by atoms with Gasteiger partial charge < -0.3 is 15.2 Å². The normalized spacial score (nSPS) is 22.9. The van der Waals surface area contributed by atoms with Crippen LogP contribution in [0.5, 0.6) is 0 Å². The molecule has 0 radical (unpaired) electrons. The number of nitrogens with one attached hydrogen (secondary N) is 1. The van der Waals surface area contributed by atoms with Gasteiger partial charge in [0.15, 0.2) is 6.10 Å². The summed E-state index contributed by atoms with van der Waals surface area (Å²) in [5.41, 5.74) is 0.975. The second-order valence-corrected chi connectivity index (χ2v) is 4.29. The molecule has 0 aromatic carbocycles. The fourth-order valence-corrected chi connectivity index (χ4v) is 1.94. The standard InChI is InChI=1S/C12H17N3O3/c1-2-8-5-11(15-7-14-8)13-6-9-3-4-10(18-9)12(16)17/h5,7,9-10H,2-4,6H2,1H3,(H,16,17)(H,13,14,15). The van der Waals surface area contributed by atoms with Gasteiger partial charge in [0.1, 0.15) is 12.1 Å². The van der Waals surface area contributed by atoms with Crippen LogP contribution < -0.4 is 5.32 Å². The molecule has 1 aromatic rings. The minimum atomic E-state index is -0.882. The molecule has 2 atom stereocenters. The Bertz CT molecular complexity index is 425. The molecule has 1 aromatic heterocycles. The molecule has 1 fully saturated rings. The molecule has 0 spiro atoms. The van der Waals surface area contributed by atoms with E-state index in [9.17, 15) is 4.79 Å². The van der Waals surface area contributed by atoms with E-state index < -0.39 is 12.1 Å². The van der Waals surface area contributed by atoms with Crippen LogP contribution in [0.4, 0.5) is 5.82 Å². The van der Waals surface area contributed by atoms with Gasteiger partial charge in [-0.25, -0.2) is 14.8 Å². The van der Waals surface area contributed by atoms with E-state index in [0.29, 0.717) is 13.0 Å². The minimum absolute atomic E-state index is 0.0638. The number of hydrogen-bond donors (Lipinski definition) is 2. The van der Waals surface area contributed by atoms with Crippen LogP contribution in [0.15, 0.2) is 12.4 Å². The summed E-state index contributed by atoms with van der Waals surface area (Å²) in [6.45, 7) is 2.60. The Morgan fingerprint density at radius 3 is 3.06 bits per heavy atom. The van der Waals surface area contributed by atoms with Crippen LogP contribution >= 0.6 is 0 Å². The van der Waals surface area contributed by atoms with Gasteiger partial charge in [0.05, 0.1) is 6.10 Å². The molecule has 2 N–H and O–H groups in total. The number of carboxylic acid groups (broad SMARTS) is 1. The molecule has 6 nitrogen and oxygen atoms in total. The Hall–Kier alpha value is -1.69. The SMILES string of the molecule is CCc1cc(NCC2CCC(C(=O)O)O2)ncn1. The average Bonchev–Trinajstić information content (AvgIpc) is 2.85. The summed E-state index contributed by atoms with van der Waals surface area (Å²) in [7, 11) is 0. The molecule has 0 bridgehead atoms. The summed E-state index contributed by atoms with van der Waals surface area (Å²) in [4.78, 5) is 19.0. The van der Waals surface area contributed by atoms with Gasteiger partial charge in [0, 0.05) is 18.3 Å². The fraction of sp³-hybridized carbons (Fsp3) is 0.583. The van der Waals surface area contributed by atoms with Crippen molar-refractivity contribution in [2.24, 2.45) is 0 Å². The van der Waals surface area contributed by atoms with Gasteiger partial charge in [-0.15, -0.1) is 0 Å². The van der Waals surface area contributed by atoms with Gasteiger partial charge in [-0.05, 0) is 19.3 Å². The van der Waals surface area contributed by atoms with Gasteiger partial charge in [-0.2, -0.15) is 0 Å². The summed E-state index contributed by atoms with van der Waals surface area (Å²) in [5, 5.41) is 12.0. The Morgan fingerprint density at radius 1 is 1.56 bits per heavy atom. The van der Waals surface area contributed by atoms with Gasteiger partial charge in [-0.3, -0.25) is 0 Å². The monoisotopic (exact) mass is 251 g/mol. The lowest BCUT2D eigenvalue weighted by Crippen LogP contribution is -2.24. The molecule has 0 aliphatic carbocycles. The zero-order valence-electron chi connectivity index (χ0n) is 10.3. The van der Waals surface area contributed by atoms with Gasteiger partial charge >= 0.3 is 5.97 Å². The number of hydrogen-bond acceptors (Lipinski definition) is 5. The van der Waals surface area contributed by atoms with E-state index in [-0.39, 0.29) is 6.10 Å². The van der Waals surface area contributed by atoms with Gasteiger partial charge in [0.2, 0.25) is 0 Å². The third-order valence-electron chi connectivity index (χ3n) is 2.98. The molecule has 1 saturated heterocycles. The predicted octanol–water partition coefficient (Wildman–Crippen LogP) is 1.08. The van der Waals surface area contributed by atoms with E-state index in [0.717, 1.165) is 24.4 Å². The minimum Gasteiger partial charge on any atom is -0.479 e. The molecule has 1 aliphatic heterocycles. The summed E-state index contributed by atoms with van der Waals surface area (Å²) >= 11 is 0. The van der Waals surface area contributed by atoms with Crippen LogP contribution in [0.3, 0.4) is 0 Å². The van der Waals surface area contributed by atoms with E-state index in [1.165, 1.54) is 6.33 Å². The number of rotatable bonds is 5. The van der Waals surface area contributed by atoms with Crippen LogP contribution in [0.2, 0.25) is 0 Å². The Labute approximate surface area is 105 Å². The van der Waals surface area contributed by atoms with Crippen molar-refractivity contribution in [2.45, 2.75) is 38.4 Å². The smallest absolute Gasteiger partial charge is 0.332 e. The second-order valence-electron chi connectivity index (χ2n) is 4.29. The third-order valence-corrected chi connectivity index (χ3v) is 2.98. The first-order chi connectivity index (χ1) is 8.69. The van der Waals surface area contributed by atoms with Crippen molar-refractivity contribution < 1.29 is 14.6 Å². The molecule has 0 saturated carbocycles. The van der Waals surface area contributed by atoms with Crippen molar-refractivity contribution in [2.75, 3.05) is 11.9 Å². The van der Waals surface area contributed by atoms with E-state index >= 15 is 0 Å². The first kappa shape index (κ1) is 12.8. The van der Waals surface area contributed by atoms with Crippen molar-refractivity contribution >= 4 is 11.8 Å².